The van der Waals surface area contributed by atoms with Gasteiger partial charge in [0.15, 0.2) is 0 Å². The highest BCUT2D eigenvalue weighted by atomic mass is 16.5. The number of fused-ring (bicyclic) bond motifs is 6. The zero-order valence-corrected chi connectivity index (χ0v) is 17.4. The first kappa shape index (κ1) is 19.8. The van der Waals surface area contributed by atoms with Crippen LogP contribution in [0.25, 0.3) is 0 Å². The summed E-state index contributed by atoms with van der Waals surface area (Å²) in [4.78, 5) is 15.3. The maximum absolute atomic E-state index is 13.4. The van der Waals surface area contributed by atoms with Crippen LogP contribution in [-0.4, -0.2) is 29.5 Å². The van der Waals surface area contributed by atoms with Crippen molar-refractivity contribution in [2.45, 2.75) is 38.1 Å². The van der Waals surface area contributed by atoms with Crippen LogP contribution in [-0.2, 0) is 35.5 Å². The second-order valence-electron chi connectivity index (χ2n) is 8.32. The van der Waals surface area contributed by atoms with E-state index in [0.717, 1.165) is 29.0 Å². The van der Waals surface area contributed by atoms with Crippen molar-refractivity contribution in [1.82, 2.24) is 4.90 Å². The standard InChI is InChI=1S/C26H26N2O3/c27-25-13-18-5-3-9-23(11-18)31-24-10-4-6-19(12-24)16-30-17-22-14-20-7-1-2-8-21(20)15-28(22)26(25)29/h1-12,22,25H,13-17,27H2/t22-,25-/m0/s1. The topological polar surface area (TPSA) is 64.8 Å². The van der Waals surface area contributed by atoms with Gasteiger partial charge in [0.1, 0.15) is 11.5 Å². The third kappa shape index (κ3) is 4.33. The SMILES string of the molecule is N[C@H]1Cc2cccc(c2)Oc2cccc(c2)COC[C@@H]2Cc3ccccc3CN2C1=O. The number of carbonyl (C=O) groups is 1. The Morgan fingerprint density at radius 2 is 1.55 bits per heavy atom. The van der Waals surface area contributed by atoms with Gasteiger partial charge in [-0.3, -0.25) is 4.79 Å². The number of nitrogens with two attached hydrogens (primary N) is 1. The number of rotatable bonds is 0. The van der Waals surface area contributed by atoms with Gasteiger partial charge in [-0.25, -0.2) is 0 Å². The molecule has 158 valence electrons. The molecule has 4 bridgehead atoms. The van der Waals surface area contributed by atoms with Crippen molar-refractivity contribution in [3.63, 3.8) is 0 Å². The highest BCUT2D eigenvalue weighted by Crippen LogP contribution is 2.27. The fraction of sp³-hybridized carbons (Fsp3) is 0.269. The van der Waals surface area contributed by atoms with Crippen LogP contribution in [0.3, 0.4) is 0 Å². The molecule has 0 fully saturated rings. The number of nitrogens with zero attached hydrogens (tertiary/aromatic N) is 1. The molecule has 0 aliphatic carbocycles. The Morgan fingerprint density at radius 1 is 0.839 bits per heavy atom. The van der Waals surface area contributed by atoms with Gasteiger partial charge in [-0.15, -0.1) is 0 Å². The molecule has 2 aliphatic heterocycles. The van der Waals surface area contributed by atoms with E-state index in [0.29, 0.717) is 26.2 Å². The largest absolute Gasteiger partial charge is 0.457 e. The molecule has 2 atom stereocenters. The van der Waals surface area contributed by atoms with Crippen molar-refractivity contribution in [2.75, 3.05) is 6.61 Å². The smallest absolute Gasteiger partial charge is 0.240 e. The summed E-state index contributed by atoms with van der Waals surface area (Å²) in [7, 11) is 0. The minimum atomic E-state index is -0.616. The lowest BCUT2D eigenvalue weighted by atomic mass is 9.93. The van der Waals surface area contributed by atoms with Gasteiger partial charge in [0, 0.05) is 6.54 Å². The molecular weight excluding hydrogens is 388 g/mol. The van der Waals surface area contributed by atoms with Gasteiger partial charge in [-0.1, -0.05) is 48.5 Å². The van der Waals surface area contributed by atoms with Gasteiger partial charge < -0.3 is 20.1 Å². The van der Waals surface area contributed by atoms with E-state index < -0.39 is 6.04 Å². The van der Waals surface area contributed by atoms with Gasteiger partial charge in [-0.2, -0.15) is 0 Å². The van der Waals surface area contributed by atoms with Crippen LogP contribution >= 0.6 is 0 Å². The van der Waals surface area contributed by atoms with Gasteiger partial charge in [0.2, 0.25) is 5.91 Å². The summed E-state index contributed by atoms with van der Waals surface area (Å²) in [5.41, 5.74) is 10.9. The number of amides is 1. The van der Waals surface area contributed by atoms with Crippen LogP contribution in [0.15, 0.2) is 72.8 Å². The highest BCUT2D eigenvalue weighted by Gasteiger charge is 2.32. The first-order valence-electron chi connectivity index (χ1n) is 10.7. The van der Waals surface area contributed by atoms with E-state index in [1.807, 2.05) is 65.6 Å². The third-order valence-electron chi connectivity index (χ3n) is 6.02. The van der Waals surface area contributed by atoms with Crippen LogP contribution < -0.4 is 10.5 Å². The van der Waals surface area contributed by atoms with Crippen molar-refractivity contribution in [3.05, 3.63) is 95.1 Å². The van der Waals surface area contributed by atoms with Crippen molar-refractivity contribution in [2.24, 2.45) is 5.73 Å². The van der Waals surface area contributed by atoms with Crippen molar-refractivity contribution in [3.8, 4) is 11.5 Å². The molecule has 5 heteroatoms. The second-order valence-corrected chi connectivity index (χ2v) is 8.32. The van der Waals surface area contributed by atoms with Crippen molar-refractivity contribution >= 4 is 5.91 Å². The molecule has 0 saturated heterocycles. The summed E-state index contributed by atoms with van der Waals surface area (Å²) in [5, 5.41) is 0. The fourth-order valence-electron chi connectivity index (χ4n) is 4.43. The Hall–Kier alpha value is -3.15. The van der Waals surface area contributed by atoms with E-state index in [2.05, 4.69) is 12.1 Å². The molecule has 0 saturated carbocycles. The molecule has 5 nitrogen and oxygen atoms in total. The van der Waals surface area contributed by atoms with Gasteiger partial charge in [-0.05, 0) is 59.4 Å². The lowest BCUT2D eigenvalue weighted by Crippen LogP contribution is -2.53. The molecular formula is C26H26N2O3. The summed E-state index contributed by atoms with van der Waals surface area (Å²) in [5.74, 6) is 1.46. The molecule has 31 heavy (non-hydrogen) atoms. The van der Waals surface area contributed by atoms with E-state index in [1.54, 1.807) is 0 Å². The third-order valence-corrected chi connectivity index (χ3v) is 6.02. The zero-order chi connectivity index (χ0) is 21.2. The summed E-state index contributed by atoms with van der Waals surface area (Å²) >= 11 is 0. The fourth-order valence-corrected chi connectivity index (χ4v) is 4.43. The molecule has 1 amide bonds. The van der Waals surface area contributed by atoms with E-state index in [4.69, 9.17) is 15.2 Å². The lowest BCUT2D eigenvalue weighted by Gasteiger charge is -2.38. The number of hydrogen-bond acceptors (Lipinski definition) is 4. The Balaban J connectivity index is 1.49. The zero-order valence-electron chi connectivity index (χ0n) is 17.4. The predicted molar refractivity (Wildman–Crippen MR) is 119 cm³/mol. The predicted octanol–water partition coefficient (Wildman–Crippen LogP) is 3.83. The van der Waals surface area contributed by atoms with E-state index in [-0.39, 0.29) is 11.9 Å². The first-order valence-corrected chi connectivity index (χ1v) is 10.7. The summed E-state index contributed by atoms with van der Waals surface area (Å²) in [6.45, 7) is 1.49. The minimum Gasteiger partial charge on any atom is -0.457 e. The Labute approximate surface area is 182 Å². The molecule has 0 spiro atoms. The van der Waals surface area contributed by atoms with E-state index >= 15 is 0 Å². The van der Waals surface area contributed by atoms with Gasteiger partial charge in [0.25, 0.3) is 0 Å². The van der Waals surface area contributed by atoms with Crippen LogP contribution in [0.1, 0.15) is 22.3 Å². The molecule has 2 aliphatic rings. The number of hydrogen-bond donors (Lipinski definition) is 1. The van der Waals surface area contributed by atoms with E-state index in [9.17, 15) is 4.79 Å². The van der Waals surface area contributed by atoms with Crippen LogP contribution in [0.4, 0.5) is 0 Å². The minimum absolute atomic E-state index is 0.0372. The average Bonchev–Trinajstić information content (AvgIpc) is 2.78. The maximum Gasteiger partial charge on any atom is 0.240 e. The van der Waals surface area contributed by atoms with E-state index in [1.165, 1.54) is 11.1 Å². The Kier molecular flexibility index (Phi) is 5.45. The van der Waals surface area contributed by atoms with Crippen LogP contribution in [0.5, 0.6) is 11.5 Å². The molecule has 2 N–H and O–H groups in total. The van der Waals surface area contributed by atoms with Gasteiger partial charge >= 0.3 is 0 Å². The summed E-state index contributed by atoms with van der Waals surface area (Å²) in [6.07, 6.45) is 1.23. The monoisotopic (exact) mass is 414 g/mol. The Morgan fingerprint density at radius 3 is 2.35 bits per heavy atom. The first-order chi connectivity index (χ1) is 15.2. The molecule has 5 rings (SSSR count). The van der Waals surface area contributed by atoms with Crippen LogP contribution in [0, 0.1) is 0 Å². The van der Waals surface area contributed by atoms with Gasteiger partial charge in [0.05, 0.1) is 25.3 Å². The summed E-state index contributed by atoms with van der Waals surface area (Å²) < 4.78 is 12.1. The second kappa shape index (κ2) is 8.53. The highest BCUT2D eigenvalue weighted by molar-refractivity contribution is 5.82. The molecule has 0 radical (unpaired) electrons. The van der Waals surface area contributed by atoms with Crippen LogP contribution in [0.2, 0.25) is 0 Å². The molecule has 3 aromatic carbocycles. The molecule has 0 unspecified atom stereocenters. The van der Waals surface area contributed by atoms with Crippen molar-refractivity contribution in [1.29, 1.82) is 0 Å². The number of benzene rings is 3. The summed E-state index contributed by atoms with van der Waals surface area (Å²) in [6, 6.07) is 23.4. The lowest BCUT2D eigenvalue weighted by molar-refractivity contribution is -0.137. The molecule has 2 heterocycles. The quantitative estimate of drug-likeness (QED) is 0.607. The molecule has 3 aromatic rings. The molecule has 0 aromatic heterocycles. The van der Waals surface area contributed by atoms with Crippen molar-refractivity contribution < 1.29 is 14.3 Å². The number of carbonyl (C=O) groups excluding carboxylic acids is 1. The Bertz CT molecular complexity index is 1100. The normalized spacial score (nSPS) is 21.2. The average molecular weight is 415 g/mol. The number of ether oxygens (including phenoxy) is 2. The maximum atomic E-state index is 13.4.